The van der Waals surface area contributed by atoms with Crippen molar-refractivity contribution in [1.82, 2.24) is 0 Å². The van der Waals surface area contributed by atoms with Gasteiger partial charge in [-0.05, 0) is 49.6 Å². The maximum Gasteiger partial charge on any atom is 0.338 e. The molecule has 0 aromatic heterocycles. The maximum atomic E-state index is 13.6. The number of rotatable bonds is 3. The Labute approximate surface area is 123 Å². The van der Waals surface area contributed by atoms with Crippen LogP contribution in [0.4, 0.5) is 10.1 Å². The highest BCUT2D eigenvalue weighted by atomic mass is 19.1. The van der Waals surface area contributed by atoms with Crippen molar-refractivity contribution in [3.8, 4) is 0 Å². The number of esters is 1. The first kappa shape index (κ1) is 15.0. The highest BCUT2D eigenvalue weighted by Crippen LogP contribution is 2.19. The fourth-order valence-electron chi connectivity index (χ4n) is 2.12. The Hall–Kier alpha value is -2.36. The Kier molecular flexibility index (Phi) is 4.26. The molecular weight excluding hydrogens is 269 g/mol. The van der Waals surface area contributed by atoms with Gasteiger partial charge in [-0.2, -0.15) is 0 Å². The smallest absolute Gasteiger partial charge is 0.338 e. The van der Waals surface area contributed by atoms with E-state index < -0.39 is 11.8 Å². The van der Waals surface area contributed by atoms with Gasteiger partial charge >= 0.3 is 5.97 Å². The first-order valence-corrected chi connectivity index (χ1v) is 6.68. The van der Waals surface area contributed by atoms with Crippen molar-refractivity contribution in [3.05, 3.63) is 64.0 Å². The van der Waals surface area contributed by atoms with Crippen molar-refractivity contribution in [2.75, 3.05) is 5.73 Å². The molecule has 0 saturated heterocycles. The van der Waals surface area contributed by atoms with E-state index in [4.69, 9.17) is 10.5 Å². The second kappa shape index (κ2) is 5.95. The molecule has 2 aromatic rings. The number of ether oxygens (including phenoxy) is 1. The predicted octanol–water partition coefficient (Wildman–Crippen LogP) is 3.69. The van der Waals surface area contributed by atoms with Crippen molar-refractivity contribution >= 4 is 11.7 Å². The lowest BCUT2D eigenvalue weighted by atomic mass is 10.0. The van der Waals surface area contributed by atoms with Crippen molar-refractivity contribution < 1.29 is 13.9 Å². The molecule has 0 saturated carbocycles. The van der Waals surface area contributed by atoms with E-state index in [0.717, 1.165) is 22.8 Å². The Morgan fingerprint density at radius 2 is 1.81 bits per heavy atom. The molecule has 0 radical (unpaired) electrons. The minimum atomic E-state index is -0.580. The molecule has 0 amide bonds. The number of benzene rings is 2. The van der Waals surface area contributed by atoms with Crippen LogP contribution in [-0.4, -0.2) is 5.97 Å². The summed E-state index contributed by atoms with van der Waals surface area (Å²) in [5.41, 5.74) is 9.44. The molecule has 2 rings (SSSR count). The zero-order valence-electron chi connectivity index (χ0n) is 12.4. The summed E-state index contributed by atoms with van der Waals surface area (Å²) < 4.78 is 18.9. The maximum absolute atomic E-state index is 13.6. The van der Waals surface area contributed by atoms with E-state index in [9.17, 15) is 9.18 Å². The van der Waals surface area contributed by atoms with Gasteiger partial charge in [0.05, 0.1) is 5.56 Å². The largest absolute Gasteiger partial charge is 0.457 e. The number of nitrogens with two attached hydrogens (primary N) is 1. The molecule has 0 bridgehead atoms. The molecule has 110 valence electrons. The number of carbonyl (C=O) groups excluding carboxylic acids is 1. The summed E-state index contributed by atoms with van der Waals surface area (Å²) >= 11 is 0. The highest BCUT2D eigenvalue weighted by Gasteiger charge is 2.13. The van der Waals surface area contributed by atoms with Crippen molar-refractivity contribution in [2.24, 2.45) is 0 Å². The monoisotopic (exact) mass is 287 g/mol. The number of anilines is 1. The molecule has 0 aliphatic rings. The van der Waals surface area contributed by atoms with Crippen LogP contribution in [-0.2, 0) is 11.3 Å². The van der Waals surface area contributed by atoms with Crippen molar-refractivity contribution in [3.63, 3.8) is 0 Å². The number of nitrogen functional groups attached to an aromatic ring is 1. The molecule has 3 nitrogen and oxygen atoms in total. The summed E-state index contributed by atoms with van der Waals surface area (Å²) in [7, 11) is 0. The van der Waals surface area contributed by atoms with E-state index in [1.807, 2.05) is 32.0 Å². The average Bonchev–Trinajstić information content (AvgIpc) is 2.43. The molecule has 0 atom stereocenters. The van der Waals surface area contributed by atoms with Crippen molar-refractivity contribution in [1.29, 1.82) is 0 Å². The molecule has 2 aromatic carbocycles. The fourth-order valence-corrected chi connectivity index (χ4v) is 2.12. The second-order valence-corrected chi connectivity index (χ2v) is 5.12. The zero-order chi connectivity index (χ0) is 15.6. The van der Waals surface area contributed by atoms with Crippen LogP contribution in [0.25, 0.3) is 0 Å². The SMILES string of the molecule is Cc1cccc(C)c1COC(=O)c1cc(N)c(C)c(F)c1. The quantitative estimate of drug-likeness (QED) is 0.692. The summed E-state index contributed by atoms with van der Waals surface area (Å²) in [5.74, 6) is -1.09. The molecule has 0 aliphatic heterocycles. The van der Waals surface area contributed by atoms with E-state index >= 15 is 0 Å². The molecule has 0 fully saturated rings. The second-order valence-electron chi connectivity index (χ2n) is 5.12. The van der Waals surface area contributed by atoms with Crippen LogP contribution in [0, 0.1) is 26.6 Å². The summed E-state index contributed by atoms with van der Waals surface area (Å²) in [6.07, 6.45) is 0. The minimum Gasteiger partial charge on any atom is -0.457 e. The van der Waals surface area contributed by atoms with E-state index in [2.05, 4.69) is 0 Å². The summed E-state index contributed by atoms with van der Waals surface area (Å²) in [6, 6.07) is 8.45. The molecule has 4 heteroatoms. The van der Waals surface area contributed by atoms with Gasteiger partial charge in [-0.3, -0.25) is 0 Å². The molecule has 0 heterocycles. The van der Waals surface area contributed by atoms with Gasteiger partial charge in [-0.1, -0.05) is 18.2 Å². The molecular formula is C17H18FNO2. The Bertz CT molecular complexity index is 652. The van der Waals surface area contributed by atoms with E-state index in [0.29, 0.717) is 5.56 Å². The van der Waals surface area contributed by atoms with Gasteiger partial charge in [0.2, 0.25) is 0 Å². The van der Waals surface area contributed by atoms with Crippen molar-refractivity contribution in [2.45, 2.75) is 27.4 Å². The number of carbonyl (C=O) groups is 1. The van der Waals surface area contributed by atoms with Gasteiger partial charge in [0.25, 0.3) is 0 Å². The normalized spacial score (nSPS) is 10.5. The Morgan fingerprint density at radius 3 is 2.38 bits per heavy atom. The first-order chi connectivity index (χ1) is 9.90. The molecule has 0 spiro atoms. The lowest BCUT2D eigenvalue weighted by Crippen LogP contribution is -2.09. The van der Waals surface area contributed by atoms with Crippen LogP contribution in [0.5, 0.6) is 0 Å². The molecule has 2 N–H and O–H groups in total. The van der Waals surface area contributed by atoms with Crippen LogP contribution in [0.1, 0.15) is 32.6 Å². The number of hydrogen-bond acceptors (Lipinski definition) is 3. The van der Waals surface area contributed by atoms with Crippen LogP contribution >= 0.6 is 0 Å². The summed E-state index contributed by atoms with van der Waals surface area (Å²) in [4.78, 5) is 12.0. The number of aryl methyl sites for hydroxylation is 2. The van der Waals surface area contributed by atoms with Gasteiger partial charge in [0.15, 0.2) is 0 Å². The Balaban J connectivity index is 2.16. The van der Waals surface area contributed by atoms with Gasteiger partial charge in [0.1, 0.15) is 12.4 Å². The molecule has 0 unspecified atom stereocenters. The lowest BCUT2D eigenvalue weighted by Gasteiger charge is -2.11. The third-order valence-electron chi connectivity index (χ3n) is 3.61. The van der Waals surface area contributed by atoms with Gasteiger partial charge < -0.3 is 10.5 Å². The lowest BCUT2D eigenvalue weighted by molar-refractivity contribution is 0.0471. The highest BCUT2D eigenvalue weighted by molar-refractivity contribution is 5.90. The zero-order valence-corrected chi connectivity index (χ0v) is 12.4. The summed E-state index contributed by atoms with van der Waals surface area (Å²) in [5, 5.41) is 0. The van der Waals surface area contributed by atoms with Gasteiger partial charge in [-0.25, -0.2) is 9.18 Å². The number of halogens is 1. The van der Waals surface area contributed by atoms with Crippen LogP contribution in [0.2, 0.25) is 0 Å². The van der Waals surface area contributed by atoms with Gasteiger partial charge in [0, 0.05) is 11.3 Å². The van der Waals surface area contributed by atoms with E-state index in [-0.39, 0.29) is 17.9 Å². The van der Waals surface area contributed by atoms with Gasteiger partial charge in [-0.15, -0.1) is 0 Å². The minimum absolute atomic E-state index is 0.127. The van der Waals surface area contributed by atoms with Crippen LogP contribution < -0.4 is 5.73 Å². The standard InChI is InChI=1S/C17H18FNO2/c1-10-5-4-6-11(2)14(10)9-21-17(20)13-7-15(18)12(3)16(19)8-13/h4-8H,9,19H2,1-3H3. The van der Waals surface area contributed by atoms with Crippen LogP contribution in [0.3, 0.4) is 0 Å². The van der Waals surface area contributed by atoms with E-state index in [1.165, 1.54) is 6.07 Å². The third-order valence-corrected chi connectivity index (χ3v) is 3.61. The first-order valence-electron chi connectivity index (χ1n) is 6.68. The third kappa shape index (κ3) is 3.21. The van der Waals surface area contributed by atoms with Crippen LogP contribution in [0.15, 0.2) is 30.3 Å². The topological polar surface area (TPSA) is 52.3 Å². The Morgan fingerprint density at radius 1 is 1.19 bits per heavy atom. The summed E-state index contributed by atoms with van der Waals surface area (Å²) in [6.45, 7) is 5.64. The molecule has 0 aliphatic carbocycles. The average molecular weight is 287 g/mol. The predicted molar refractivity (Wildman–Crippen MR) is 80.6 cm³/mol. The molecule has 21 heavy (non-hydrogen) atoms. The fraction of sp³-hybridized carbons (Fsp3) is 0.235. The number of hydrogen-bond donors (Lipinski definition) is 1. The van der Waals surface area contributed by atoms with E-state index in [1.54, 1.807) is 6.92 Å².